The lowest BCUT2D eigenvalue weighted by atomic mass is 10.0. The van der Waals surface area contributed by atoms with Crippen LogP contribution >= 0.6 is 11.8 Å². The number of nitrogens with two attached hydrogens (primary N) is 1. The van der Waals surface area contributed by atoms with E-state index in [-0.39, 0.29) is 5.95 Å². The van der Waals surface area contributed by atoms with Crippen LogP contribution < -0.4 is 10.6 Å². The van der Waals surface area contributed by atoms with Gasteiger partial charge in [0.1, 0.15) is 11.6 Å². The van der Waals surface area contributed by atoms with Crippen molar-refractivity contribution >= 4 is 34.4 Å². The lowest BCUT2D eigenvalue weighted by Crippen LogP contribution is -2.16. The average Bonchev–Trinajstić information content (AvgIpc) is 3.24. The molecule has 0 unspecified atom stereocenters. The molecule has 0 spiro atoms. The molecule has 0 radical (unpaired) electrons. The van der Waals surface area contributed by atoms with Gasteiger partial charge in [0, 0.05) is 20.5 Å². The van der Waals surface area contributed by atoms with Crippen LogP contribution in [0.5, 0.6) is 0 Å². The number of nitrogens with zero attached hydrogens (tertiary/aromatic N) is 7. The van der Waals surface area contributed by atoms with Gasteiger partial charge in [0.2, 0.25) is 11.9 Å². The summed E-state index contributed by atoms with van der Waals surface area (Å²) in [4.78, 5) is 14.9. The van der Waals surface area contributed by atoms with E-state index in [0.717, 1.165) is 22.2 Å². The maximum atomic E-state index is 5.93. The monoisotopic (exact) mass is 496 g/mol. The minimum absolute atomic E-state index is 0.205. The molecule has 0 aliphatic rings. The van der Waals surface area contributed by atoms with Gasteiger partial charge in [0.05, 0.1) is 11.4 Å². The third kappa shape index (κ3) is 4.87. The van der Waals surface area contributed by atoms with Crippen molar-refractivity contribution in [2.45, 2.75) is 31.2 Å². The minimum atomic E-state index is 0.205. The molecule has 8 nitrogen and oxygen atoms in total. The Kier molecular flexibility index (Phi) is 6.56. The number of hydrogen-bond acceptors (Lipinski definition) is 8. The molecule has 182 valence electrons. The normalized spacial score (nSPS) is 11.2. The Bertz CT molecular complexity index is 1540. The van der Waals surface area contributed by atoms with Crippen molar-refractivity contribution in [1.29, 1.82) is 0 Å². The highest BCUT2D eigenvalue weighted by atomic mass is 32.2. The standard InChI is InChI=1S/C27H28N8S/c1-17-12-13-22(18(2)14-17)35-24(15-20-10-7-9-19-8-5-6-11-21(19)20)32-33-27(35)36-16-23-29-25(28)31-26(30-23)34(3)4/h5-14H,15-16H2,1-4H3,(H2,28,29,30,31). The van der Waals surface area contributed by atoms with Crippen LogP contribution in [0, 0.1) is 13.8 Å². The summed E-state index contributed by atoms with van der Waals surface area (Å²) in [5.41, 5.74) is 10.6. The molecule has 36 heavy (non-hydrogen) atoms. The summed E-state index contributed by atoms with van der Waals surface area (Å²) in [6, 6.07) is 21.3. The Morgan fingerprint density at radius 2 is 1.72 bits per heavy atom. The third-order valence-corrected chi connectivity index (χ3v) is 6.86. The van der Waals surface area contributed by atoms with Gasteiger partial charge in [-0.15, -0.1) is 10.2 Å². The highest BCUT2D eigenvalue weighted by molar-refractivity contribution is 7.98. The Hall–Kier alpha value is -3.98. The number of benzene rings is 3. The van der Waals surface area contributed by atoms with E-state index in [0.29, 0.717) is 23.9 Å². The van der Waals surface area contributed by atoms with Gasteiger partial charge in [0.15, 0.2) is 5.16 Å². The lowest BCUT2D eigenvalue weighted by Gasteiger charge is -2.14. The number of aryl methyl sites for hydroxylation is 2. The highest BCUT2D eigenvalue weighted by Crippen LogP contribution is 2.29. The molecule has 0 amide bonds. The van der Waals surface area contributed by atoms with Crippen molar-refractivity contribution in [1.82, 2.24) is 29.7 Å². The minimum Gasteiger partial charge on any atom is -0.368 e. The third-order valence-electron chi connectivity index (χ3n) is 5.94. The second-order valence-electron chi connectivity index (χ2n) is 8.93. The van der Waals surface area contributed by atoms with Crippen molar-refractivity contribution in [2.24, 2.45) is 0 Å². The quantitative estimate of drug-likeness (QED) is 0.322. The van der Waals surface area contributed by atoms with Crippen LogP contribution in [-0.2, 0) is 12.2 Å². The number of aromatic nitrogens is 6. The molecule has 3 aromatic carbocycles. The molecule has 2 heterocycles. The Morgan fingerprint density at radius 3 is 2.53 bits per heavy atom. The molecule has 0 atom stereocenters. The van der Waals surface area contributed by atoms with Crippen molar-refractivity contribution in [3.63, 3.8) is 0 Å². The first-order chi connectivity index (χ1) is 17.4. The van der Waals surface area contributed by atoms with Crippen molar-refractivity contribution in [3.8, 4) is 5.69 Å². The van der Waals surface area contributed by atoms with Crippen LogP contribution in [0.2, 0.25) is 0 Å². The zero-order valence-electron chi connectivity index (χ0n) is 20.8. The van der Waals surface area contributed by atoms with Crippen LogP contribution in [0.25, 0.3) is 16.5 Å². The second kappa shape index (κ2) is 9.94. The molecule has 0 aliphatic carbocycles. The molecule has 0 saturated carbocycles. The molecule has 9 heteroatoms. The first-order valence-electron chi connectivity index (χ1n) is 11.7. The van der Waals surface area contributed by atoms with E-state index in [1.165, 1.54) is 33.7 Å². The maximum absolute atomic E-state index is 5.93. The molecule has 2 aromatic heterocycles. The van der Waals surface area contributed by atoms with E-state index < -0.39 is 0 Å². The number of thioether (sulfide) groups is 1. The number of fused-ring (bicyclic) bond motifs is 1. The summed E-state index contributed by atoms with van der Waals surface area (Å²) in [5, 5.41) is 12.4. The van der Waals surface area contributed by atoms with E-state index >= 15 is 0 Å². The topological polar surface area (TPSA) is 98.6 Å². The summed E-state index contributed by atoms with van der Waals surface area (Å²) >= 11 is 1.53. The van der Waals surface area contributed by atoms with Gasteiger partial charge in [-0.25, -0.2) is 0 Å². The van der Waals surface area contributed by atoms with Crippen LogP contribution in [0.1, 0.15) is 28.3 Å². The van der Waals surface area contributed by atoms with Gasteiger partial charge in [-0.05, 0) is 41.8 Å². The number of hydrogen-bond donors (Lipinski definition) is 1. The van der Waals surface area contributed by atoms with Gasteiger partial charge < -0.3 is 10.6 Å². The fourth-order valence-corrected chi connectivity index (χ4v) is 5.06. The van der Waals surface area contributed by atoms with E-state index in [2.05, 4.69) is 104 Å². The summed E-state index contributed by atoms with van der Waals surface area (Å²) in [6.07, 6.45) is 0.658. The Morgan fingerprint density at radius 1 is 0.917 bits per heavy atom. The lowest BCUT2D eigenvalue weighted by molar-refractivity contribution is 0.840. The van der Waals surface area contributed by atoms with Crippen LogP contribution in [-0.4, -0.2) is 43.8 Å². The van der Waals surface area contributed by atoms with Crippen LogP contribution in [0.15, 0.2) is 65.8 Å². The van der Waals surface area contributed by atoms with Gasteiger partial charge in [-0.1, -0.05) is 71.9 Å². The first-order valence-corrected chi connectivity index (χ1v) is 12.7. The second-order valence-corrected chi connectivity index (χ2v) is 9.87. The predicted octanol–water partition coefficient (Wildman–Crippen LogP) is 4.75. The summed E-state index contributed by atoms with van der Waals surface area (Å²) in [5.74, 6) is 2.71. The van der Waals surface area contributed by atoms with E-state index in [9.17, 15) is 0 Å². The predicted molar refractivity (Wildman–Crippen MR) is 146 cm³/mol. The molecule has 0 aliphatic heterocycles. The van der Waals surface area contributed by atoms with Gasteiger partial charge >= 0.3 is 0 Å². The Labute approximate surface area is 214 Å². The average molecular weight is 497 g/mol. The SMILES string of the molecule is Cc1ccc(-n2c(Cc3cccc4ccccc34)nnc2SCc2nc(N)nc(N(C)C)n2)c(C)c1. The molecule has 5 rings (SSSR count). The van der Waals surface area contributed by atoms with E-state index in [1.54, 1.807) is 0 Å². The fourth-order valence-electron chi connectivity index (χ4n) is 4.24. The Balaban J connectivity index is 1.54. The van der Waals surface area contributed by atoms with Crippen molar-refractivity contribution in [3.05, 3.63) is 89.0 Å². The van der Waals surface area contributed by atoms with Gasteiger partial charge in [0.25, 0.3) is 0 Å². The van der Waals surface area contributed by atoms with Crippen LogP contribution in [0.4, 0.5) is 11.9 Å². The molecule has 0 saturated heterocycles. The molecular weight excluding hydrogens is 468 g/mol. The molecule has 2 N–H and O–H groups in total. The van der Waals surface area contributed by atoms with Gasteiger partial charge in [-0.3, -0.25) is 4.57 Å². The van der Waals surface area contributed by atoms with Crippen molar-refractivity contribution < 1.29 is 0 Å². The van der Waals surface area contributed by atoms with Crippen molar-refractivity contribution in [2.75, 3.05) is 24.7 Å². The fraction of sp³-hybridized carbons (Fsp3) is 0.222. The molecule has 0 fully saturated rings. The molecule has 5 aromatic rings. The maximum Gasteiger partial charge on any atom is 0.229 e. The zero-order chi connectivity index (χ0) is 25.2. The zero-order valence-corrected chi connectivity index (χ0v) is 21.6. The number of nitrogen functional groups attached to an aromatic ring is 1. The highest BCUT2D eigenvalue weighted by Gasteiger charge is 2.18. The summed E-state index contributed by atoms with van der Waals surface area (Å²) in [6.45, 7) is 4.22. The van der Waals surface area contributed by atoms with E-state index in [4.69, 9.17) is 5.73 Å². The van der Waals surface area contributed by atoms with Crippen LogP contribution in [0.3, 0.4) is 0 Å². The summed E-state index contributed by atoms with van der Waals surface area (Å²) < 4.78 is 2.15. The number of rotatable bonds is 7. The van der Waals surface area contributed by atoms with Gasteiger partial charge in [-0.2, -0.15) is 15.0 Å². The summed E-state index contributed by atoms with van der Waals surface area (Å²) in [7, 11) is 3.75. The van der Waals surface area contributed by atoms with E-state index in [1.807, 2.05) is 19.0 Å². The largest absolute Gasteiger partial charge is 0.368 e. The smallest absolute Gasteiger partial charge is 0.229 e. The number of anilines is 2. The molecule has 0 bridgehead atoms. The first kappa shape index (κ1) is 23.7. The molecular formula is C27H28N8S.